The average molecular weight is 300 g/mol. The molecule has 0 bridgehead atoms. The maximum atomic E-state index is 13.8. The van der Waals surface area contributed by atoms with Gasteiger partial charge in [-0.2, -0.15) is 13.2 Å². The van der Waals surface area contributed by atoms with Crippen LogP contribution in [0.3, 0.4) is 0 Å². The number of hydrogen-bond acceptors (Lipinski definition) is 2. The molecular formula is C14H12F4N2O. The third-order valence-electron chi connectivity index (χ3n) is 3.10. The average Bonchev–Trinajstić information content (AvgIpc) is 2.80. The molecule has 0 N–H and O–H groups in total. The molecule has 7 heteroatoms. The number of aromatic nitrogens is 2. The first kappa shape index (κ1) is 15.2. The van der Waals surface area contributed by atoms with Gasteiger partial charge in [0.2, 0.25) is 0 Å². The van der Waals surface area contributed by atoms with E-state index in [-0.39, 0.29) is 12.8 Å². The monoisotopic (exact) mass is 300 g/mol. The molecule has 0 radical (unpaired) electrons. The van der Waals surface area contributed by atoms with Gasteiger partial charge in [0.25, 0.3) is 0 Å². The van der Waals surface area contributed by atoms with E-state index in [9.17, 15) is 22.4 Å². The minimum Gasteiger partial charge on any atom is -0.338 e. The standard InChI is InChI=1S/C14H12F4N2O/c1-20-8-7-19-12(20)6-5-11(21)9-3-2-4-10(13(9)15)14(16,17)18/h2-4,7-8H,5-6H2,1H3. The highest BCUT2D eigenvalue weighted by atomic mass is 19.4. The summed E-state index contributed by atoms with van der Waals surface area (Å²) in [5.41, 5.74) is -1.97. The van der Waals surface area contributed by atoms with Crippen LogP contribution in [0.25, 0.3) is 0 Å². The van der Waals surface area contributed by atoms with E-state index in [1.165, 1.54) is 0 Å². The summed E-state index contributed by atoms with van der Waals surface area (Å²) in [5.74, 6) is -1.59. The van der Waals surface area contributed by atoms with Crippen LogP contribution >= 0.6 is 0 Å². The van der Waals surface area contributed by atoms with Gasteiger partial charge >= 0.3 is 6.18 Å². The Morgan fingerprint density at radius 1 is 1.33 bits per heavy atom. The van der Waals surface area contributed by atoms with Gasteiger partial charge in [-0.15, -0.1) is 0 Å². The van der Waals surface area contributed by atoms with Crippen molar-refractivity contribution < 1.29 is 22.4 Å². The first-order valence-electron chi connectivity index (χ1n) is 6.16. The van der Waals surface area contributed by atoms with Crippen LogP contribution in [-0.4, -0.2) is 15.3 Å². The number of halogens is 4. The molecule has 0 saturated carbocycles. The Labute approximate surface area is 118 Å². The van der Waals surface area contributed by atoms with Crippen LogP contribution in [0.4, 0.5) is 17.6 Å². The number of imidazole rings is 1. The first-order chi connectivity index (χ1) is 9.80. The van der Waals surface area contributed by atoms with Crippen LogP contribution < -0.4 is 0 Å². The van der Waals surface area contributed by atoms with E-state index in [1.54, 1.807) is 24.0 Å². The second-order valence-electron chi connectivity index (χ2n) is 4.54. The van der Waals surface area contributed by atoms with Crippen molar-refractivity contribution in [2.45, 2.75) is 19.0 Å². The van der Waals surface area contributed by atoms with Crippen LogP contribution in [0, 0.1) is 5.82 Å². The first-order valence-corrected chi connectivity index (χ1v) is 6.16. The van der Waals surface area contributed by atoms with Gasteiger partial charge in [0, 0.05) is 32.3 Å². The third kappa shape index (κ3) is 3.29. The molecule has 1 aromatic carbocycles. The fourth-order valence-corrected chi connectivity index (χ4v) is 1.96. The maximum absolute atomic E-state index is 13.8. The van der Waals surface area contributed by atoms with E-state index < -0.39 is 28.9 Å². The molecule has 0 aliphatic carbocycles. The van der Waals surface area contributed by atoms with Crippen molar-refractivity contribution in [3.8, 4) is 0 Å². The van der Waals surface area contributed by atoms with Gasteiger partial charge in [0.05, 0.1) is 11.1 Å². The van der Waals surface area contributed by atoms with E-state index in [1.807, 2.05) is 0 Å². The minimum atomic E-state index is -4.82. The van der Waals surface area contributed by atoms with Crippen LogP contribution in [0.5, 0.6) is 0 Å². The predicted molar refractivity (Wildman–Crippen MR) is 67.3 cm³/mol. The zero-order chi connectivity index (χ0) is 15.6. The number of carbonyl (C=O) groups excluding carboxylic acids is 1. The summed E-state index contributed by atoms with van der Waals surface area (Å²) in [6.45, 7) is 0. The van der Waals surface area contributed by atoms with Crippen LogP contribution in [-0.2, 0) is 19.6 Å². The van der Waals surface area contributed by atoms with Crippen molar-refractivity contribution in [3.05, 3.63) is 53.4 Å². The quantitative estimate of drug-likeness (QED) is 0.641. The molecule has 0 spiro atoms. The highest BCUT2D eigenvalue weighted by Crippen LogP contribution is 2.32. The molecule has 2 rings (SSSR count). The number of hydrogen-bond donors (Lipinski definition) is 0. The largest absolute Gasteiger partial charge is 0.419 e. The van der Waals surface area contributed by atoms with E-state index in [2.05, 4.69) is 4.98 Å². The molecule has 0 saturated heterocycles. The second-order valence-corrected chi connectivity index (χ2v) is 4.54. The molecule has 112 valence electrons. The normalized spacial score (nSPS) is 11.7. The lowest BCUT2D eigenvalue weighted by molar-refractivity contribution is -0.140. The van der Waals surface area contributed by atoms with Gasteiger partial charge in [-0.05, 0) is 12.1 Å². The molecule has 0 atom stereocenters. The van der Waals surface area contributed by atoms with Gasteiger partial charge in [0.1, 0.15) is 11.6 Å². The maximum Gasteiger partial charge on any atom is 0.419 e. The Morgan fingerprint density at radius 3 is 2.62 bits per heavy atom. The van der Waals surface area contributed by atoms with E-state index in [0.29, 0.717) is 11.9 Å². The highest BCUT2D eigenvalue weighted by molar-refractivity contribution is 5.96. The molecule has 2 aromatic rings. The lowest BCUT2D eigenvalue weighted by Crippen LogP contribution is -2.13. The smallest absolute Gasteiger partial charge is 0.338 e. The molecule has 0 amide bonds. The summed E-state index contributed by atoms with van der Waals surface area (Å²) < 4.78 is 53.3. The molecule has 0 aliphatic heterocycles. The fraction of sp³-hybridized carbons (Fsp3) is 0.286. The zero-order valence-corrected chi connectivity index (χ0v) is 11.1. The number of rotatable bonds is 4. The number of ketones is 1. The van der Waals surface area contributed by atoms with Crippen molar-refractivity contribution >= 4 is 5.78 Å². The van der Waals surface area contributed by atoms with Crippen molar-refractivity contribution in [2.75, 3.05) is 0 Å². The number of alkyl halides is 3. The predicted octanol–water partition coefficient (Wildman–Crippen LogP) is 3.39. The summed E-state index contributed by atoms with van der Waals surface area (Å²) in [6, 6.07) is 2.70. The van der Waals surface area contributed by atoms with Crippen molar-refractivity contribution in [1.82, 2.24) is 9.55 Å². The summed E-state index contributed by atoms with van der Waals surface area (Å²) >= 11 is 0. The summed E-state index contributed by atoms with van der Waals surface area (Å²) in [7, 11) is 1.73. The Hall–Kier alpha value is -2.18. The van der Waals surface area contributed by atoms with Crippen LogP contribution in [0.2, 0.25) is 0 Å². The van der Waals surface area contributed by atoms with Crippen molar-refractivity contribution in [3.63, 3.8) is 0 Å². The highest BCUT2D eigenvalue weighted by Gasteiger charge is 2.35. The van der Waals surface area contributed by atoms with Gasteiger partial charge < -0.3 is 4.57 Å². The molecule has 0 fully saturated rings. The summed E-state index contributed by atoms with van der Waals surface area (Å²) in [4.78, 5) is 15.9. The molecule has 1 heterocycles. The Balaban J connectivity index is 2.18. The van der Waals surface area contributed by atoms with Crippen molar-refractivity contribution in [1.29, 1.82) is 0 Å². The summed E-state index contributed by atoms with van der Waals surface area (Å²) in [5, 5.41) is 0. The Morgan fingerprint density at radius 2 is 2.05 bits per heavy atom. The van der Waals surface area contributed by atoms with Gasteiger partial charge in [0.15, 0.2) is 5.78 Å². The Bertz CT molecular complexity index is 661. The lowest BCUT2D eigenvalue weighted by Gasteiger charge is -2.10. The molecule has 3 nitrogen and oxygen atoms in total. The van der Waals surface area contributed by atoms with Gasteiger partial charge in [-0.1, -0.05) is 6.07 Å². The Kier molecular flexibility index (Phi) is 4.11. The van der Waals surface area contributed by atoms with Crippen LogP contribution in [0.15, 0.2) is 30.6 Å². The summed E-state index contributed by atoms with van der Waals surface area (Å²) in [6.07, 6.45) is -1.46. The third-order valence-corrected chi connectivity index (χ3v) is 3.10. The van der Waals surface area contributed by atoms with E-state index in [4.69, 9.17) is 0 Å². The van der Waals surface area contributed by atoms with Gasteiger partial charge in [-0.25, -0.2) is 9.37 Å². The second kappa shape index (κ2) is 5.67. The molecule has 0 unspecified atom stereocenters. The molecular weight excluding hydrogens is 288 g/mol. The van der Waals surface area contributed by atoms with Gasteiger partial charge in [-0.3, -0.25) is 4.79 Å². The molecule has 1 aromatic heterocycles. The number of nitrogens with zero attached hydrogens (tertiary/aromatic N) is 2. The van der Waals surface area contributed by atoms with Crippen LogP contribution in [0.1, 0.15) is 28.2 Å². The molecule has 0 aliphatic rings. The minimum absolute atomic E-state index is 0.108. The SMILES string of the molecule is Cn1ccnc1CCC(=O)c1cccc(C(F)(F)F)c1F. The topological polar surface area (TPSA) is 34.9 Å². The fourth-order valence-electron chi connectivity index (χ4n) is 1.96. The zero-order valence-electron chi connectivity index (χ0n) is 11.1. The van der Waals surface area contributed by atoms with E-state index in [0.717, 1.165) is 12.1 Å². The number of Topliss-reactive ketones (excluding diaryl/α,β-unsaturated/α-hetero) is 1. The van der Waals surface area contributed by atoms with E-state index >= 15 is 0 Å². The molecule has 21 heavy (non-hydrogen) atoms. The lowest BCUT2D eigenvalue weighted by atomic mass is 10.0. The number of carbonyl (C=O) groups is 1. The van der Waals surface area contributed by atoms with Crippen molar-refractivity contribution in [2.24, 2.45) is 7.05 Å². The number of benzene rings is 1. The number of aryl methyl sites for hydroxylation is 2.